The zero-order chi connectivity index (χ0) is 14.7. The summed E-state index contributed by atoms with van der Waals surface area (Å²) in [5.74, 6) is -0.247. The largest absolute Gasteiger partial charge is 0.484 e. The van der Waals surface area contributed by atoms with Gasteiger partial charge in [0, 0.05) is 13.1 Å². The fourth-order valence-corrected chi connectivity index (χ4v) is 2.13. The van der Waals surface area contributed by atoms with Crippen molar-refractivity contribution in [2.75, 3.05) is 0 Å². The van der Waals surface area contributed by atoms with Crippen LogP contribution in [0.2, 0.25) is 5.02 Å². The Bertz CT molecular complexity index is 613. The van der Waals surface area contributed by atoms with Crippen LogP contribution in [-0.4, -0.2) is 9.78 Å². The van der Waals surface area contributed by atoms with E-state index in [-0.39, 0.29) is 12.4 Å². The maximum atomic E-state index is 13.8. The molecule has 2 N–H and O–H groups in total. The van der Waals surface area contributed by atoms with Crippen LogP contribution in [0, 0.1) is 12.7 Å². The Morgan fingerprint density at radius 2 is 2.20 bits per heavy atom. The molecule has 0 saturated heterocycles. The van der Waals surface area contributed by atoms with Crippen molar-refractivity contribution in [3.63, 3.8) is 0 Å². The first-order valence-electron chi connectivity index (χ1n) is 6.39. The second-order valence-electron chi connectivity index (χ2n) is 4.42. The number of rotatable bonds is 5. The minimum atomic E-state index is -0.427. The quantitative estimate of drug-likeness (QED) is 0.923. The van der Waals surface area contributed by atoms with Crippen LogP contribution in [-0.2, 0) is 19.7 Å². The van der Waals surface area contributed by atoms with Gasteiger partial charge in [-0.3, -0.25) is 4.68 Å². The molecule has 0 aliphatic heterocycles. The number of benzene rings is 1. The van der Waals surface area contributed by atoms with Crippen LogP contribution in [0.5, 0.6) is 5.75 Å². The lowest BCUT2D eigenvalue weighted by Gasteiger charge is -2.10. The van der Waals surface area contributed by atoms with Gasteiger partial charge >= 0.3 is 0 Å². The number of hydrogen-bond donors (Lipinski definition) is 1. The molecule has 0 atom stereocenters. The van der Waals surface area contributed by atoms with Gasteiger partial charge in [0.25, 0.3) is 0 Å². The van der Waals surface area contributed by atoms with E-state index in [4.69, 9.17) is 22.1 Å². The maximum absolute atomic E-state index is 13.8. The Labute approximate surface area is 122 Å². The van der Waals surface area contributed by atoms with Gasteiger partial charge < -0.3 is 10.5 Å². The Hall–Kier alpha value is -1.59. The average Bonchev–Trinajstić information content (AvgIpc) is 2.73. The average molecular weight is 298 g/mol. The highest BCUT2D eigenvalue weighted by molar-refractivity contribution is 6.31. The molecular weight excluding hydrogens is 281 g/mol. The lowest BCUT2D eigenvalue weighted by molar-refractivity contribution is 0.278. The highest BCUT2D eigenvalue weighted by atomic mass is 35.5. The summed E-state index contributed by atoms with van der Waals surface area (Å²) in [6, 6.07) is 4.69. The molecule has 20 heavy (non-hydrogen) atoms. The predicted molar refractivity (Wildman–Crippen MR) is 76.3 cm³/mol. The van der Waals surface area contributed by atoms with Crippen molar-refractivity contribution in [2.45, 2.75) is 33.5 Å². The first-order valence-corrected chi connectivity index (χ1v) is 6.77. The van der Waals surface area contributed by atoms with Gasteiger partial charge in [0.05, 0.1) is 16.4 Å². The predicted octanol–water partition coefficient (Wildman–Crippen LogP) is 3.04. The van der Waals surface area contributed by atoms with E-state index in [0.29, 0.717) is 18.1 Å². The normalized spacial score (nSPS) is 10.8. The molecule has 0 spiro atoms. The summed E-state index contributed by atoms with van der Waals surface area (Å²) in [6.07, 6.45) is 0. The van der Waals surface area contributed by atoms with Crippen molar-refractivity contribution in [1.82, 2.24) is 9.78 Å². The molecule has 0 fully saturated rings. The van der Waals surface area contributed by atoms with Gasteiger partial charge in [-0.1, -0.05) is 17.7 Å². The molecule has 0 bridgehead atoms. The van der Waals surface area contributed by atoms with E-state index in [0.717, 1.165) is 17.0 Å². The third kappa shape index (κ3) is 2.94. The van der Waals surface area contributed by atoms with Crippen molar-refractivity contribution >= 4 is 11.6 Å². The Balaban J connectivity index is 2.17. The summed E-state index contributed by atoms with van der Waals surface area (Å²) in [5, 5.41) is 4.85. The molecule has 2 rings (SSSR count). The maximum Gasteiger partial charge on any atom is 0.165 e. The Kier molecular flexibility index (Phi) is 4.62. The van der Waals surface area contributed by atoms with Crippen LogP contribution >= 0.6 is 11.6 Å². The first-order chi connectivity index (χ1) is 9.56. The van der Waals surface area contributed by atoms with E-state index in [1.165, 1.54) is 6.07 Å². The van der Waals surface area contributed by atoms with Crippen molar-refractivity contribution in [1.29, 1.82) is 0 Å². The lowest BCUT2D eigenvalue weighted by Crippen LogP contribution is -2.07. The van der Waals surface area contributed by atoms with Crippen LogP contribution in [0.15, 0.2) is 18.2 Å². The Morgan fingerprint density at radius 3 is 2.80 bits per heavy atom. The highest BCUT2D eigenvalue weighted by Gasteiger charge is 2.14. The fourth-order valence-electron chi connectivity index (χ4n) is 1.94. The van der Waals surface area contributed by atoms with E-state index >= 15 is 0 Å². The summed E-state index contributed by atoms with van der Waals surface area (Å²) in [6.45, 7) is 4.94. The van der Waals surface area contributed by atoms with Gasteiger partial charge in [-0.05, 0) is 31.5 Å². The van der Waals surface area contributed by atoms with Crippen molar-refractivity contribution in [3.05, 3.63) is 46.0 Å². The number of nitrogens with two attached hydrogens (primary N) is 1. The molecule has 0 amide bonds. The van der Waals surface area contributed by atoms with Crippen LogP contribution in [0.3, 0.4) is 0 Å². The SMILES string of the molecule is CCn1nc(C)c(Cl)c1COc1ccc(CN)cc1F. The summed E-state index contributed by atoms with van der Waals surface area (Å²) in [4.78, 5) is 0. The molecule has 0 aliphatic rings. The molecule has 0 radical (unpaired) electrons. The van der Waals surface area contributed by atoms with Crippen molar-refractivity contribution < 1.29 is 9.13 Å². The molecule has 1 aromatic carbocycles. The zero-order valence-electron chi connectivity index (χ0n) is 11.5. The number of hydrogen-bond acceptors (Lipinski definition) is 3. The molecule has 108 valence electrons. The smallest absolute Gasteiger partial charge is 0.165 e. The van der Waals surface area contributed by atoms with E-state index < -0.39 is 5.82 Å². The summed E-state index contributed by atoms with van der Waals surface area (Å²) < 4.78 is 21.0. The van der Waals surface area contributed by atoms with E-state index in [2.05, 4.69) is 5.10 Å². The van der Waals surface area contributed by atoms with Gasteiger partial charge in [0.15, 0.2) is 11.6 Å². The molecule has 4 nitrogen and oxygen atoms in total. The Morgan fingerprint density at radius 1 is 1.45 bits per heavy atom. The van der Waals surface area contributed by atoms with E-state index in [1.54, 1.807) is 16.8 Å². The summed E-state index contributed by atoms with van der Waals surface area (Å²) in [7, 11) is 0. The fraction of sp³-hybridized carbons (Fsp3) is 0.357. The van der Waals surface area contributed by atoms with Crippen LogP contribution < -0.4 is 10.5 Å². The molecule has 6 heteroatoms. The minimum Gasteiger partial charge on any atom is -0.484 e. The zero-order valence-corrected chi connectivity index (χ0v) is 12.2. The summed E-state index contributed by atoms with van der Waals surface area (Å²) >= 11 is 6.17. The van der Waals surface area contributed by atoms with E-state index in [1.807, 2.05) is 13.8 Å². The van der Waals surface area contributed by atoms with Gasteiger partial charge in [0.2, 0.25) is 0 Å². The van der Waals surface area contributed by atoms with Gasteiger partial charge in [0.1, 0.15) is 6.61 Å². The second-order valence-corrected chi connectivity index (χ2v) is 4.80. The standard InChI is InChI=1S/C14H17ClFN3O/c1-3-19-12(14(15)9(2)18-19)8-20-13-5-4-10(7-17)6-11(13)16/h4-6H,3,7-8,17H2,1-2H3. The highest BCUT2D eigenvalue weighted by Crippen LogP contribution is 2.24. The van der Waals surface area contributed by atoms with Crippen LogP contribution in [0.25, 0.3) is 0 Å². The number of nitrogens with zero attached hydrogens (tertiary/aromatic N) is 2. The third-order valence-corrected chi connectivity index (χ3v) is 3.54. The molecular formula is C14H17ClFN3O. The molecule has 1 aromatic heterocycles. The number of aromatic nitrogens is 2. The monoisotopic (exact) mass is 297 g/mol. The number of halogens is 2. The van der Waals surface area contributed by atoms with Gasteiger partial charge in [-0.2, -0.15) is 5.10 Å². The molecule has 0 saturated carbocycles. The van der Waals surface area contributed by atoms with Crippen LogP contribution in [0.4, 0.5) is 4.39 Å². The first kappa shape index (κ1) is 14.8. The van der Waals surface area contributed by atoms with E-state index in [9.17, 15) is 4.39 Å². The molecule has 1 heterocycles. The molecule has 2 aromatic rings. The topological polar surface area (TPSA) is 53.1 Å². The summed E-state index contributed by atoms with van der Waals surface area (Å²) in [5.41, 5.74) is 7.67. The van der Waals surface area contributed by atoms with Crippen molar-refractivity contribution in [3.8, 4) is 5.75 Å². The minimum absolute atomic E-state index is 0.173. The lowest BCUT2D eigenvalue weighted by atomic mass is 10.2. The van der Waals surface area contributed by atoms with Gasteiger partial charge in [-0.15, -0.1) is 0 Å². The van der Waals surface area contributed by atoms with Crippen LogP contribution in [0.1, 0.15) is 23.9 Å². The van der Waals surface area contributed by atoms with Crippen molar-refractivity contribution in [2.24, 2.45) is 5.73 Å². The second kappa shape index (κ2) is 6.24. The third-order valence-electron chi connectivity index (χ3n) is 3.05. The number of ether oxygens (including phenoxy) is 1. The molecule has 0 aliphatic carbocycles. The molecule has 0 unspecified atom stereocenters. The number of aryl methyl sites for hydroxylation is 2. The van der Waals surface area contributed by atoms with Gasteiger partial charge in [-0.25, -0.2) is 4.39 Å².